The highest BCUT2D eigenvalue weighted by Crippen LogP contribution is 2.28. The zero-order valence-electron chi connectivity index (χ0n) is 10.7. The molecule has 2 rings (SSSR count). The second-order valence-electron chi connectivity index (χ2n) is 4.51. The summed E-state index contributed by atoms with van der Waals surface area (Å²) >= 11 is 3.47. The van der Waals surface area contributed by atoms with E-state index in [4.69, 9.17) is 0 Å². The van der Waals surface area contributed by atoms with E-state index in [0.29, 0.717) is 5.56 Å². The molecule has 0 aliphatic rings. The zero-order valence-corrected chi connectivity index (χ0v) is 12.3. The molecule has 1 nitrogen and oxygen atoms in total. The molecule has 4 heteroatoms. The van der Waals surface area contributed by atoms with Crippen molar-refractivity contribution < 1.29 is 8.78 Å². The molecule has 0 saturated heterocycles. The van der Waals surface area contributed by atoms with Crippen molar-refractivity contribution in [2.45, 2.75) is 20.4 Å². The first-order valence-corrected chi connectivity index (χ1v) is 6.72. The van der Waals surface area contributed by atoms with Gasteiger partial charge in [-0.3, -0.25) is 0 Å². The fourth-order valence-corrected chi connectivity index (χ4v) is 2.82. The van der Waals surface area contributed by atoms with Crippen LogP contribution >= 0.6 is 15.9 Å². The maximum absolute atomic E-state index is 13.5. The Balaban J connectivity index is 2.22. The molecule has 0 saturated carbocycles. The van der Waals surface area contributed by atoms with E-state index in [1.165, 1.54) is 6.07 Å². The Morgan fingerprint density at radius 2 is 1.89 bits per heavy atom. The maximum atomic E-state index is 13.5. The van der Waals surface area contributed by atoms with Crippen molar-refractivity contribution in [2.24, 2.45) is 0 Å². The molecule has 0 spiro atoms. The van der Waals surface area contributed by atoms with Gasteiger partial charge in [0, 0.05) is 16.6 Å². The minimum absolute atomic E-state index is 0.242. The van der Waals surface area contributed by atoms with Crippen LogP contribution in [0.2, 0.25) is 0 Å². The van der Waals surface area contributed by atoms with E-state index in [-0.39, 0.29) is 6.54 Å². The van der Waals surface area contributed by atoms with Gasteiger partial charge >= 0.3 is 0 Å². The molecule has 0 fully saturated rings. The van der Waals surface area contributed by atoms with Crippen molar-refractivity contribution in [3.63, 3.8) is 0 Å². The summed E-state index contributed by atoms with van der Waals surface area (Å²) in [4.78, 5) is 0. The molecule has 0 bridgehead atoms. The largest absolute Gasteiger partial charge is 0.380 e. The van der Waals surface area contributed by atoms with E-state index < -0.39 is 11.6 Å². The summed E-state index contributed by atoms with van der Waals surface area (Å²) in [6.07, 6.45) is 0. The quantitative estimate of drug-likeness (QED) is 0.841. The smallest absolute Gasteiger partial charge is 0.163 e. The van der Waals surface area contributed by atoms with Crippen LogP contribution < -0.4 is 5.32 Å². The highest BCUT2D eigenvalue weighted by Gasteiger charge is 2.09. The summed E-state index contributed by atoms with van der Waals surface area (Å²) in [5.74, 6) is -1.62. The summed E-state index contributed by atoms with van der Waals surface area (Å²) in [5, 5.41) is 3.14. The minimum Gasteiger partial charge on any atom is -0.380 e. The lowest BCUT2D eigenvalue weighted by atomic mass is 10.1. The third kappa shape index (κ3) is 3.13. The standard InChI is InChI=1S/C15H14BrF2N/c1-9-6-10(2)15(12(16)7-9)19-8-11-4-3-5-13(17)14(11)18/h3-7,19H,8H2,1-2H3. The van der Waals surface area contributed by atoms with E-state index in [0.717, 1.165) is 27.4 Å². The number of hydrogen-bond acceptors (Lipinski definition) is 1. The van der Waals surface area contributed by atoms with E-state index in [2.05, 4.69) is 21.2 Å². The summed E-state index contributed by atoms with van der Waals surface area (Å²) in [6.45, 7) is 4.22. The van der Waals surface area contributed by atoms with Gasteiger partial charge in [-0.25, -0.2) is 8.78 Å². The number of anilines is 1. The average Bonchev–Trinajstić information content (AvgIpc) is 2.33. The molecule has 2 aromatic rings. The van der Waals surface area contributed by atoms with Crippen LogP contribution in [0.25, 0.3) is 0 Å². The topological polar surface area (TPSA) is 12.0 Å². The lowest BCUT2D eigenvalue weighted by Crippen LogP contribution is -2.05. The Labute approximate surface area is 119 Å². The normalized spacial score (nSPS) is 10.6. The Kier molecular flexibility index (Phi) is 4.20. The van der Waals surface area contributed by atoms with Crippen LogP contribution in [0.3, 0.4) is 0 Å². The van der Waals surface area contributed by atoms with Gasteiger partial charge in [-0.2, -0.15) is 0 Å². The van der Waals surface area contributed by atoms with E-state index in [9.17, 15) is 8.78 Å². The second kappa shape index (κ2) is 5.70. The molecule has 100 valence electrons. The van der Waals surface area contributed by atoms with Gasteiger partial charge in [-0.15, -0.1) is 0 Å². The number of nitrogens with one attached hydrogen (secondary N) is 1. The molecule has 2 aromatic carbocycles. The number of benzene rings is 2. The Hall–Kier alpha value is -1.42. The number of hydrogen-bond donors (Lipinski definition) is 1. The van der Waals surface area contributed by atoms with Crippen LogP contribution in [0, 0.1) is 25.5 Å². The Morgan fingerprint density at radius 3 is 2.58 bits per heavy atom. The lowest BCUT2D eigenvalue weighted by Gasteiger charge is -2.13. The molecular weight excluding hydrogens is 312 g/mol. The predicted molar refractivity (Wildman–Crippen MR) is 77.3 cm³/mol. The van der Waals surface area contributed by atoms with Crippen molar-refractivity contribution in [3.05, 3.63) is 63.1 Å². The monoisotopic (exact) mass is 325 g/mol. The molecule has 0 atom stereocenters. The highest BCUT2D eigenvalue weighted by atomic mass is 79.9. The average molecular weight is 326 g/mol. The van der Waals surface area contributed by atoms with Crippen LogP contribution in [0.4, 0.5) is 14.5 Å². The molecule has 0 heterocycles. The SMILES string of the molecule is Cc1cc(C)c(NCc2cccc(F)c2F)c(Br)c1. The number of rotatable bonds is 3. The molecule has 0 radical (unpaired) electrons. The third-order valence-electron chi connectivity index (χ3n) is 2.92. The molecule has 0 aliphatic carbocycles. The number of aryl methyl sites for hydroxylation is 2. The summed E-state index contributed by atoms with van der Waals surface area (Å²) in [6, 6.07) is 8.22. The predicted octanol–water partition coefficient (Wildman–Crippen LogP) is 4.96. The van der Waals surface area contributed by atoms with Crippen LogP contribution in [0.15, 0.2) is 34.8 Å². The first kappa shape index (κ1) is 14.0. The summed E-state index contributed by atoms with van der Waals surface area (Å²) in [7, 11) is 0. The Bertz CT molecular complexity index is 588. The first-order valence-electron chi connectivity index (χ1n) is 5.92. The lowest BCUT2D eigenvalue weighted by molar-refractivity contribution is 0.500. The van der Waals surface area contributed by atoms with E-state index >= 15 is 0 Å². The van der Waals surface area contributed by atoms with E-state index in [1.807, 2.05) is 26.0 Å². The van der Waals surface area contributed by atoms with Crippen molar-refractivity contribution in [2.75, 3.05) is 5.32 Å². The number of halogens is 3. The summed E-state index contributed by atoms with van der Waals surface area (Å²) in [5.41, 5.74) is 3.41. The molecule has 0 unspecified atom stereocenters. The fraction of sp³-hybridized carbons (Fsp3) is 0.200. The van der Waals surface area contributed by atoms with Gasteiger partial charge in [0.2, 0.25) is 0 Å². The fourth-order valence-electron chi connectivity index (χ4n) is 2.01. The second-order valence-corrected chi connectivity index (χ2v) is 5.36. The van der Waals surface area contributed by atoms with Crippen LogP contribution in [-0.4, -0.2) is 0 Å². The van der Waals surface area contributed by atoms with Crippen LogP contribution in [0.1, 0.15) is 16.7 Å². The van der Waals surface area contributed by atoms with Crippen LogP contribution in [-0.2, 0) is 6.54 Å². The maximum Gasteiger partial charge on any atom is 0.163 e. The van der Waals surface area contributed by atoms with Gasteiger partial charge in [0.1, 0.15) is 0 Å². The summed E-state index contributed by atoms with van der Waals surface area (Å²) < 4.78 is 27.6. The molecular formula is C15H14BrF2N. The van der Waals surface area contributed by atoms with Crippen molar-refractivity contribution in [3.8, 4) is 0 Å². The molecule has 0 aromatic heterocycles. The molecule has 19 heavy (non-hydrogen) atoms. The van der Waals surface area contributed by atoms with Crippen molar-refractivity contribution in [1.29, 1.82) is 0 Å². The van der Waals surface area contributed by atoms with Crippen LogP contribution in [0.5, 0.6) is 0 Å². The third-order valence-corrected chi connectivity index (χ3v) is 3.54. The van der Waals surface area contributed by atoms with Gasteiger partial charge in [0.05, 0.1) is 5.69 Å². The molecule has 0 aliphatic heterocycles. The molecule has 0 amide bonds. The first-order chi connectivity index (χ1) is 8.99. The van der Waals surface area contributed by atoms with Gasteiger partial charge in [0.15, 0.2) is 11.6 Å². The van der Waals surface area contributed by atoms with Gasteiger partial charge in [-0.05, 0) is 53.0 Å². The molecule has 1 N–H and O–H groups in total. The van der Waals surface area contributed by atoms with Gasteiger partial charge in [-0.1, -0.05) is 18.2 Å². The van der Waals surface area contributed by atoms with Gasteiger partial charge in [0.25, 0.3) is 0 Å². The highest BCUT2D eigenvalue weighted by molar-refractivity contribution is 9.10. The van der Waals surface area contributed by atoms with Crippen molar-refractivity contribution >= 4 is 21.6 Å². The Morgan fingerprint density at radius 1 is 1.16 bits per heavy atom. The van der Waals surface area contributed by atoms with E-state index in [1.54, 1.807) is 6.07 Å². The zero-order chi connectivity index (χ0) is 14.0. The van der Waals surface area contributed by atoms with Crippen molar-refractivity contribution in [1.82, 2.24) is 0 Å². The minimum atomic E-state index is -0.820. The van der Waals surface area contributed by atoms with Gasteiger partial charge < -0.3 is 5.32 Å².